The van der Waals surface area contributed by atoms with Crippen LogP contribution in [-0.4, -0.2) is 4.98 Å². The van der Waals surface area contributed by atoms with Crippen LogP contribution in [0.3, 0.4) is 0 Å². The number of aromatic nitrogens is 1. The molecule has 5 heteroatoms. The molecule has 1 aromatic heterocycles. The predicted molar refractivity (Wildman–Crippen MR) is 89.7 cm³/mol. The molecule has 0 fully saturated rings. The Labute approximate surface area is 135 Å². The third-order valence-corrected chi connectivity index (χ3v) is 4.20. The summed E-state index contributed by atoms with van der Waals surface area (Å²) in [5.74, 6) is 0. The van der Waals surface area contributed by atoms with Gasteiger partial charge in [0.2, 0.25) is 0 Å². The molecule has 0 aliphatic carbocycles. The van der Waals surface area contributed by atoms with Gasteiger partial charge in [-0.3, -0.25) is 0 Å². The number of rotatable bonds is 3. The molecule has 0 saturated carbocycles. The highest BCUT2D eigenvalue weighted by molar-refractivity contribution is 9.10. The number of hydrogen-bond donors (Lipinski definition) is 1. The number of nitrogens with zero attached hydrogens (tertiary/aromatic N) is 2. The lowest BCUT2D eigenvalue weighted by atomic mass is 10.2. The van der Waals surface area contributed by atoms with Crippen molar-refractivity contribution in [2.75, 3.05) is 5.32 Å². The van der Waals surface area contributed by atoms with E-state index < -0.39 is 0 Å². The Morgan fingerprint density at radius 2 is 1.76 bits per heavy atom. The van der Waals surface area contributed by atoms with Crippen LogP contribution in [0.2, 0.25) is 0 Å². The molecule has 3 aromatic rings. The number of nitriles is 1. The van der Waals surface area contributed by atoms with Crippen molar-refractivity contribution in [3.05, 3.63) is 63.9 Å². The van der Waals surface area contributed by atoms with Crippen LogP contribution in [0.1, 0.15) is 5.56 Å². The minimum absolute atomic E-state index is 0.648. The molecule has 0 unspecified atom stereocenters. The summed E-state index contributed by atoms with van der Waals surface area (Å²) < 4.78 is 1.05. The largest absolute Gasteiger partial charge is 0.332 e. The minimum Gasteiger partial charge on any atom is -0.332 e. The lowest BCUT2D eigenvalue weighted by Gasteiger charge is -2.02. The molecule has 2 aromatic carbocycles. The second kappa shape index (κ2) is 6.08. The number of benzene rings is 2. The van der Waals surface area contributed by atoms with Gasteiger partial charge in [-0.2, -0.15) is 5.26 Å². The Hall–Kier alpha value is -2.16. The molecular formula is C16H10BrN3S. The van der Waals surface area contributed by atoms with Crippen LogP contribution in [0.4, 0.5) is 10.8 Å². The van der Waals surface area contributed by atoms with E-state index in [1.165, 1.54) is 0 Å². The summed E-state index contributed by atoms with van der Waals surface area (Å²) in [6.45, 7) is 0. The van der Waals surface area contributed by atoms with Crippen LogP contribution in [-0.2, 0) is 0 Å². The monoisotopic (exact) mass is 355 g/mol. The summed E-state index contributed by atoms with van der Waals surface area (Å²) in [6, 6.07) is 17.5. The highest BCUT2D eigenvalue weighted by Gasteiger charge is 2.05. The molecular weight excluding hydrogens is 346 g/mol. The fraction of sp³-hybridized carbons (Fsp3) is 0. The van der Waals surface area contributed by atoms with Gasteiger partial charge in [0.1, 0.15) is 0 Å². The molecule has 0 atom stereocenters. The summed E-state index contributed by atoms with van der Waals surface area (Å²) in [5.41, 5.74) is 3.60. The van der Waals surface area contributed by atoms with Crippen LogP contribution in [0.25, 0.3) is 11.3 Å². The molecule has 1 heterocycles. The fourth-order valence-electron chi connectivity index (χ4n) is 1.84. The molecule has 3 nitrogen and oxygen atoms in total. The van der Waals surface area contributed by atoms with E-state index in [4.69, 9.17) is 5.26 Å². The van der Waals surface area contributed by atoms with Crippen LogP contribution in [0.5, 0.6) is 0 Å². The molecule has 3 rings (SSSR count). The van der Waals surface area contributed by atoms with E-state index in [2.05, 4.69) is 32.3 Å². The lowest BCUT2D eigenvalue weighted by molar-refractivity contribution is 1.38. The number of thiazole rings is 1. The molecule has 0 saturated heterocycles. The van der Waals surface area contributed by atoms with Crippen LogP contribution in [0, 0.1) is 11.3 Å². The van der Waals surface area contributed by atoms with Gasteiger partial charge < -0.3 is 5.32 Å². The quantitative estimate of drug-likeness (QED) is 0.703. The van der Waals surface area contributed by atoms with Gasteiger partial charge in [-0.1, -0.05) is 28.1 Å². The average Bonchev–Trinajstić information content (AvgIpc) is 2.97. The van der Waals surface area contributed by atoms with Crippen molar-refractivity contribution in [1.29, 1.82) is 5.26 Å². The van der Waals surface area contributed by atoms with Crippen molar-refractivity contribution >= 4 is 38.1 Å². The maximum atomic E-state index is 8.78. The highest BCUT2D eigenvalue weighted by Crippen LogP contribution is 2.28. The number of anilines is 2. The summed E-state index contributed by atoms with van der Waals surface area (Å²) in [5, 5.41) is 14.9. The molecule has 0 aliphatic heterocycles. The highest BCUT2D eigenvalue weighted by atomic mass is 79.9. The minimum atomic E-state index is 0.648. The Kier molecular flexibility index (Phi) is 4.00. The first kappa shape index (κ1) is 13.8. The van der Waals surface area contributed by atoms with Crippen molar-refractivity contribution in [1.82, 2.24) is 4.98 Å². The van der Waals surface area contributed by atoms with Crippen molar-refractivity contribution in [2.24, 2.45) is 0 Å². The third-order valence-electron chi connectivity index (χ3n) is 2.91. The van der Waals surface area contributed by atoms with Gasteiger partial charge in [0.05, 0.1) is 17.3 Å². The van der Waals surface area contributed by atoms with E-state index in [9.17, 15) is 0 Å². The molecule has 0 bridgehead atoms. The van der Waals surface area contributed by atoms with Crippen LogP contribution < -0.4 is 5.32 Å². The Morgan fingerprint density at radius 3 is 2.43 bits per heavy atom. The van der Waals surface area contributed by atoms with E-state index >= 15 is 0 Å². The molecule has 1 N–H and O–H groups in total. The summed E-state index contributed by atoms with van der Waals surface area (Å²) in [4.78, 5) is 4.58. The van der Waals surface area contributed by atoms with Gasteiger partial charge in [-0.15, -0.1) is 11.3 Å². The Bertz CT molecular complexity index is 786. The summed E-state index contributed by atoms with van der Waals surface area (Å²) in [7, 11) is 0. The van der Waals surface area contributed by atoms with Gasteiger partial charge >= 0.3 is 0 Å². The maximum absolute atomic E-state index is 8.78. The third kappa shape index (κ3) is 3.30. The van der Waals surface area contributed by atoms with Crippen molar-refractivity contribution in [3.63, 3.8) is 0 Å². The van der Waals surface area contributed by atoms with E-state index in [1.54, 1.807) is 23.5 Å². The number of nitrogens with one attached hydrogen (secondary N) is 1. The fourth-order valence-corrected chi connectivity index (χ4v) is 2.84. The standard InChI is InChI=1S/C16H10BrN3S/c17-13-5-3-12(4-6-13)15-10-21-16(20-15)19-14-7-1-11(9-18)2-8-14/h1-8,10H,(H,19,20). The maximum Gasteiger partial charge on any atom is 0.187 e. The zero-order valence-corrected chi connectivity index (χ0v) is 13.3. The van der Waals surface area contributed by atoms with E-state index in [-0.39, 0.29) is 0 Å². The topological polar surface area (TPSA) is 48.7 Å². The van der Waals surface area contributed by atoms with E-state index in [1.807, 2.05) is 41.8 Å². The first-order valence-corrected chi connectivity index (χ1v) is 7.90. The normalized spacial score (nSPS) is 10.1. The zero-order valence-electron chi connectivity index (χ0n) is 10.9. The van der Waals surface area contributed by atoms with Crippen LogP contribution in [0.15, 0.2) is 58.4 Å². The lowest BCUT2D eigenvalue weighted by Crippen LogP contribution is -1.89. The van der Waals surface area contributed by atoms with E-state index in [0.717, 1.165) is 26.5 Å². The van der Waals surface area contributed by atoms with Crippen LogP contribution >= 0.6 is 27.3 Å². The summed E-state index contributed by atoms with van der Waals surface area (Å²) in [6.07, 6.45) is 0. The molecule has 0 radical (unpaired) electrons. The average molecular weight is 356 g/mol. The van der Waals surface area contributed by atoms with Crippen molar-refractivity contribution in [2.45, 2.75) is 0 Å². The molecule has 0 amide bonds. The predicted octanol–water partition coefficient (Wildman–Crippen LogP) is 5.19. The first-order chi connectivity index (χ1) is 10.2. The Balaban J connectivity index is 1.78. The smallest absolute Gasteiger partial charge is 0.187 e. The Morgan fingerprint density at radius 1 is 1.05 bits per heavy atom. The van der Waals surface area contributed by atoms with E-state index in [0.29, 0.717) is 5.56 Å². The second-order valence-electron chi connectivity index (χ2n) is 4.36. The van der Waals surface area contributed by atoms with Gasteiger partial charge in [-0.05, 0) is 36.4 Å². The molecule has 102 valence electrons. The van der Waals surface area contributed by atoms with Crippen molar-refractivity contribution < 1.29 is 0 Å². The first-order valence-electron chi connectivity index (χ1n) is 6.23. The van der Waals surface area contributed by atoms with Gasteiger partial charge in [0, 0.05) is 21.1 Å². The second-order valence-corrected chi connectivity index (χ2v) is 6.13. The molecule has 0 aliphatic rings. The van der Waals surface area contributed by atoms with Gasteiger partial charge in [0.15, 0.2) is 5.13 Å². The van der Waals surface area contributed by atoms with Gasteiger partial charge in [0.25, 0.3) is 0 Å². The van der Waals surface area contributed by atoms with Gasteiger partial charge in [-0.25, -0.2) is 4.98 Å². The zero-order chi connectivity index (χ0) is 14.7. The van der Waals surface area contributed by atoms with Crippen molar-refractivity contribution in [3.8, 4) is 17.3 Å². The summed E-state index contributed by atoms with van der Waals surface area (Å²) >= 11 is 4.98. The molecule has 0 spiro atoms. The number of halogens is 1. The number of hydrogen-bond acceptors (Lipinski definition) is 4. The molecule has 21 heavy (non-hydrogen) atoms. The SMILES string of the molecule is N#Cc1ccc(Nc2nc(-c3ccc(Br)cc3)cs2)cc1.